The molecule has 1 amide bonds. The largest absolute Gasteiger partial charge is 0.481 e. The lowest BCUT2D eigenvalue weighted by atomic mass is 9.77. The number of anilines is 2. The van der Waals surface area contributed by atoms with Crippen molar-refractivity contribution in [2.45, 2.75) is 57.1 Å². The minimum absolute atomic E-state index is 0.0355. The summed E-state index contributed by atoms with van der Waals surface area (Å²) in [4.78, 5) is 33.7. The van der Waals surface area contributed by atoms with Crippen LogP contribution in [0.3, 0.4) is 0 Å². The lowest BCUT2D eigenvalue weighted by Gasteiger charge is -2.23. The number of rotatable bonds is 7. The molecule has 2 aliphatic heterocycles. The number of nitrogens with one attached hydrogen (secondary N) is 1. The van der Waals surface area contributed by atoms with Gasteiger partial charge in [0.1, 0.15) is 22.7 Å². The Balaban J connectivity index is 1.38. The third kappa shape index (κ3) is 4.56. The highest BCUT2D eigenvalue weighted by Gasteiger charge is 2.47. The van der Waals surface area contributed by atoms with Gasteiger partial charge in [0.25, 0.3) is 0 Å². The van der Waals surface area contributed by atoms with Gasteiger partial charge in [0, 0.05) is 23.4 Å². The predicted octanol–water partition coefficient (Wildman–Crippen LogP) is 4.57. The quantitative estimate of drug-likeness (QED) is 0.298. The number of fused-ring (bicyclic) bond motifs is 2. The number of carbonyl (C=O) groups excluding carboxylic acids is 1. The second-order valence-corrected chi connectivity index (χ2v) is 10.9. The van der Waals surface area contributed by atoms with Crippen molar-refractivity contribution in [1.82, 2.24) is 19.7 Å². The molecule has 1 saturated heterocycles. The summed E-state index contributed by atoms with van der Waals surface area (Å²) in [5.74, 6) is -0.291. The zero-order chi connectivity index (χ0) is 28.0. The number of carboxylic acid groups (broad SMARTS) is 1. The van der Waals surface area contributed by atoms with Crippen molar-refractivity contribution in [2.75, 3.05) is 17.7 Å². The van der Waals surface area contributed by atoms with Crippen LogP contribution in [0.4, 0.5) is 11.6 Å². The molecule has 6 rings (SSSR count). The highest BCUT2D eigenvalue weighted by molar-refractivity contribution is 6.31. The van der Waals surface area contributed by atoms with Crippen molar-refractivity contribution in [3.63, 3.8) is 0 Å². The van der Waals surface area contributed by atoms with Crippen molar-refractivity contribution in [3.8, 4) is 11.5 Å². The van der Waals surface area contributed by atoms with E-state index < -0.39 is 11.4 Å². The topological polar surface area (TPSA) is 145 Å². The molecule has 206 valence electrons. The molecule has 0 saturated carbocycles. The molecule has 2 atom stereocenters. The van der Waals surface area contributed by atoms with Gasteiger partial charge in [-0.15, -0.1) is 0 Å². The Kier molecular flexibility index (Phi) is 6.67. The lowest BCUT2D eigenvalue weighted by molar-refractivity contribution is -0.137. The first-order valence-electron chi connectivity index (χ1n) is 13.3. The number of nitrogen functional groups attached to an aromatic ring is 1. The number of aryl methyl sites for hydroxylation is 1. The molecule has 0 bridgehead atoms. The Labute approximate surface area is 235 Å². The first kappa shape index (κ1) is 26.2. The van der Waals surface area contributed by atoms with Crippen LogP contribution in [0.2, 0.25) is 5.02 Å². The first-order valence-corrected chi connectivity index (χ1v) is 13.7. The Hall–Kier alpha value is -4.02. The number of nitrogens with two attached hydrogens (primary N) is 1. The number of carboxylic acids is 1. The van der Waals surface area contributed by atoms with E-state index in [2.05, 4.69) is 10.3 Å². The summed E-state index contributed by atoms with van der Waals surface area (Å²) in [5, 5.41) is 18.1. The van der Waals surface area contributed by atoms with E-state index in [0.717, 1.165) is 42.3 Å². The maximum Gasteiger partial charge on any atom is 0.303 e. The second-order valence-electron chi connectivity index (χ2n) is 10.5. The molecular formula is C29H29ClN6O4. The fraction of sp³-hybridized carbons (Fsp3) is 0.345. The molecule has 4 N–H and O–H groups in total. The monoisotopic (exact) mass is 560 g/mol. The summed E-state index contributed by atoms with van der Waals surface area (Å²) < 4.78 is 7.83. The fourth-order valence-electron chi connectivity index (χ4n) is 5.64. The third-order valence-corrected chi connectivity index (χ3v) is 8.09. The van der Waals surface area contributed by atoms with E-state index in [1.54, 1.807) is 13.0 Å². The molecule has 2 aromatic heterocycles. The van der Waals surface area contributed by atoms with Crippen LogP contribution in [-0.2, 0) is 32.7 Å². The first-order chi connectivity index (χ1) is 19.2. The number of halogens is 1. The van der Waals surface area contributed by atoms with Crippen LogP contribution in [0.5, 0.6) is 0 Å². The molecule has 0 spiro atoms. The minimum atomic E-state index is -1.11. The number of aliphatic carboxylic acids is 1. The van der Waals surface area contributed by atoms with Crippen LogP contribution in [0.25, 0.3) is 22.4 Å². The zero-order valence-electron chi connectivity index (χ0n) is 22.0. The fourth-order valence-corrected chi connectivity index (χ4v) is 5.81. The van der Waals surface area contributed by atoms with Gasteiger partial charge in [-0.3, -0.25) is 14.3 Å². The lowest BCUT2D eigenvalue weighted by Crippen LogP contribution is -2.33. The van der Waals surface area contributed by atoms with Crippen LogP contribution in [0.1, 0.15) is 49.3 Å². The van der Waals surface area contributed by atoms with Gasteiger partial charge in [-0.2, -0.15) is 5.10 Å². The molecule has 10 nitrogen and oxygen atoms in total. The molecule has 1 fully saturated rings. The van der Waals surface area contributed by atoms with E-state index >= 15 is 0 Å². The summed E-state index contributed by atoms with van der Waals surface area (Å²) in [5.41, 5.74) is 8.89. The van der Waals surface area contributed by atoms with Gasteiger partial charge >= 0.3 is 5.97 Å². The molecule has 0 aliphatic carbocycles. The SMILES string of the molecule is C[C@@]1(c2ccc(CCC(=O)O)cc2)C(=O)Nc2nc(-c3nn(C[C@@H]4CCCCO4)c4cc(Cl)ccc34)nc(N)c21. The maximum atomic E-state index is 13.4. The summed E-state index contributed by atoms with van der Waals surface area (Å²) in [6.45, 7) is 3.11. The molecule has 0 radical (unpaired) electrons. The third-order valence-electron chi connectivity index (χ3n) is 7.86. The van der Waals surface area contributed by atoms with Gasteiger partial charge in [-0.25, -0.2) is 9.97 Å². The maximum absolute atomic E-state index is 13.4. The number of carbonyl (C=O) groups is 2. The molecule has 40 heavy (non-hydrogen) atoms. The predicted molar refractivity (Wildman–Crippen MR) is 151 cm³/mol. The molecule has 0 unspecified atom stereocenters. The van der Waals surface area contributed by atoms with E-state index in [-0.39, 0.29) is 24.2 Å². The van der Waals surface area contributed by atoms with Crippen LogP contribution in [0.15, 0.2) is 42.5 Å². The van der Waals surface area contributed by atoms with Gasteiger partial charge in [-0.05, 0) is 61.9 Å². The Morgan fingerprint density at radius 1 is 1.23 bits per heavy atom. The van der Waals surface area contributed by atoms with Crippen LogP contribution >= 0.6 is 11.6 Å². The van der Waals surface area contributed by atoms with Gasteiger partial charge in [-0.1, -0.05) is 35.9 Å². The molecular weight excluding hydrogens is 532 g/mol. The Morgan fingerprint density at radius 3 is 2.75 bits per heavy atom. The number of hydrogen-bond acceptors (Lipinski definition) is 7. The number of nitrogens with zero attached hydrogens (tertiary/aromatic N) is 4. The Morgan fingerprint density at radius 2 is 2.02 bits per heavy atom. The minimum Gasteiger partial charge on any atom is -0.481 e. The molecule has 2 aromatic carbocycles. The summed E-state index contributed by atoms with van der Waals surface area (Å²) >= 11 is 6.34. The van der Waals surface area contributed by atoms with Gasteiger partial charge < -0.3 is 20.9 Å². The number of aromatic nitrogens is 4. The Bertz CT molecular complexity index is 1630. The summed E-state index contributed by atoms with van der Waals surface area (Å²) in [6, 6.07) is 12.9. The summed E-state index contributed by atoms with van der Waals surface area (Å²) in [6.07, 6.45) is 3.65. The van der Waals surface area contributed by atoms with Crippen molar-refractivity contribution in [3.05, 3.63) is 64.2 Å². The van der Waals surface area contributed by atoms with E-state index in [9.17, 15) is 9.59 Å². The van der Waals surface area contributed by atoms with Crippen molar-refractivity contribution >= 4 is 46.0 Å². The van der Waals surface area contributed by atoms with E-state index in [1.807, 2.05) is 41.1 Å². The molecule has 2 aliphatic rings. The standard InChI is InChI=1S/C29H29ClN6O4/c1-29(17-8-5-16(6-9-17)7-12-22(37)38)23-25(31)32-27(33-26(23)34-28(29)39)24-20-11-10-18(30)14-21(20)36(35-24)15-19-4-2-3-13-40-19/h5-6,8-11,14,19H,2-4,7,12-13,15H2,1H3,(H,37,38)(H3,31,32,33,34,39)/t19-,29-/m0/s1. The summed E-state index contributed by atoms with van der Waals surface area (Å²) in [7, 11) is 0. The van der Waals surface area contributed by atoms with Gasteiger partial charge in [0.05, 0.1) is 23.7 Å². The van der Waals surface area contributed by atoms with Gasteiger partial charge in [0.2, 0.25) is 5.91 Å². The van der Waals surface area contributed by atoms with E-state index in [4.69, 9.17) is 37.3 Å². The van der Waals surface area contributed by atoms with Gasteiger partial charge in [0.15, 0.2) is 5.82 Å². The smallest absolute Gasteiger partial charge is 0.303 e. The zero-order valence-corrected chi connectivity index (χ0v) is 22.7. The van der Waals surface area contributed by atoms with Crippen molar-refractivity contribution < 1.29 is 19.4 Å². The number of benzene rings is 2. The van der Waals surface area contributed by atoms with Crippen LogP contribution in [0, 0.1) is 0 Å². The van der Waals surface area contributed by atoms with Crippen LogP contribution in [-0.4, -0.2) is 49.4 Å². The molecule has 4 aromatic rings. The van der Waals surface area contributed by atoms with Crippen molar-refractivity contribution in [2.24, 2.45) is 0 Å². The normalized spacial score (nSPS) is 20.4. The van der Waals surface area contributed by atoms with E-state index in [1.165, 1.54) is 0 Å². The highest BCUT2D eigenvalue weighted by Crippen LogP contribution is 2.45. The molecule has 11 heteroatoms. The number of hydrogen-bond donors (Lipinski definition) is 3. The average molecular weight is 561 g/mol. The van der Waals surface area contributed by atoms with Crippen molar-refractivity contribution in [1.29, 1.82) is 0 Å². The number of ether oxygens (including phenoxy) is 1. The molecule has 4 heterocycles. The second kappa shape index (κ2) is 10.2. The van der Waals surface area contributed by atoms with Crippen LogP contribution < -0.4 is 11.1 Å². The number of amides is 1. The van der Waals surface area contributed by atoms with E-state index in [0.29, 0.717) is 46.5 Å². The average Bonchev–Trinajstić information content (AvgIpc) is 3.42. The highest BCUT2D eigenvalue weighted by atomic mass is 35.5.